The van der Waals surface area contributed by atoms with Crippen LogP contribution in [0.25, 0.3) is 5.69 Å². The largest absolute Gasteiger partial charge is 0.352 e. The third-order valence-corrected chi connectivity index (χ3v) is 4.94. The van der Waals surface area contributed by atoms with Gasteiger partial charge in [-0.05, 0) is 48.9 Å². The maximum absolute atomic E-state index is 13.7. The molecular weight excluding hydrogens is 425 g/mol. The van der Waals surface area contributed by atoms with Gasteiger partial charge in [-0.25, -0.2) is 9.18 Å². The third-order valence-electron chi connectivity index (χ3n) is 4.94. The van der Waals surface area contributed by atoms with E-state index in [0.29, 0.717) is 16.9 Å². The number of hydrogen-bond acceptors (Lipinski definition) is 5. The summed E-state index contributed by atoms with van der Waals surface area (Å²) in [4.78, 5) is 43.2. The van der Waals surface area contributed by atoms with Crippen molar-refractivity contribution in [2.45, 2.75) is 20.0 Å². The first kappa shape index (κ1) is 21.8. The van der Waals surface area contributed by atoms with Gasteiger partial charge in [0.15, 0.2) is 0 Å². The normalized spacial score (nSPS) is 10.7. The summed E-state index contributed by atoms with van der Waals surface area (Å²) in [5.74, 6) is -1.25. The van der Waals surface area contributed by atoms with Crippen molar-refractivity contribution >= 4 is 5.91 Å². The summed E-state index contributed by atoms with van der Waals surface area (Å²) in [6.07, 6.45) is 1.59. The second-order valence-electron chi connectivity index (χ2n) is 7.40. The smallest absolute Gasteiger partial charge is 0.345 e. The average molecular weight is 445 g/mol. The first-order valence-corrected chi connectivity index (χ1v) is 10.2. The molecule has 4 aromatic rings. The highest BCUT2D eigenvalue weighted by Gasteiger charge is 2.20. The molecule has 0 unspecified atom stereocenters. The van der Waals surface area contributed by atoms with Crippen molar-refractivity contribution in [1.82, 2.24) is 24.6 Å². The Bertz CT molecular complexity index is 1410. The Balaban J connectivity index is 1.78. The van der Waals surface area contributed by atoms with E-state index in [9.17, 15) is 18.8 Å². The highest BCUT2D eigenvalue weighted by Crippen LogP contribution is 2.07. The SMILES string of the molecule is Cc1ccc(-n2nc(C(=O)NCc3ccccn3)c(=O)n(Cc3cccc(F)c3)c2=O)cc1. The standard InChI is InChI=1S/C24H20FN5O3/c1-16-8-10-20(11-9-16)30-24(33)29(15-17-5-4-6-18(25)13-17)23(32)21(28-30)22(31)27-14-19-7-2-3-12-26-19/h2-13H,14-15H2,1H3,(H,27,31). The van der Waals surface area contributed by atoms with Gasteiger partial charge in [-0.3, -0.25) is 19.1 Å². The lowest BCUT2D eigenvalue weighted by atomic mass is 10.2. The van der Waals surface area contributed by atoms with Crippen molar-refractivity contribution in [2.24, 2.45) is 0 Å². The van der Waals surface area contributed by atoms with Crippen molar-refractivity contribution in [3.05, 3.63) is 122 Å². The van der Waals surface area contributed by atoms with E-state index in [2.05, 4.69) is 15.4 Å². The molecule has 0 bridgehead atoms. The van der Waals surface area contributed by atoms with E-state index in [1.54, 1.807) is 54.7 Å². The number of aryl methyl sites for hydroxylation is 1. The van der Waals surface area contributed by atoms with Crippen molar-refractivity contribution in [3.8, 4) is 5.69 Å². The summed E-state index contributed by atoms with van der Waals surface area (Å²) < 4.78 is 15.5. The van der Waals surface area contributed by atoms with E-state index in [1.165, 1.54) is 18.2 Å². The average Bonchev–Trinajstić information content (AvgIpc) is 2.82. The van der Waals surface area contributed by atoms with E-state index in [0.717, 1.165) is 14.8 Å². The van der Waals surface area contributed by atoms with Crippen LogP contribution in [0.1, 0.15) is 27.3 Å². The lowest BCUT2D eigenvalue weighted by Crippen LogP contribution is -2.46. The van der Waals surface area contributed by atoms with Crippen LogP contribution in [0.5, 0.6) is 0 Å². The minimum atomic E-state index is -0.869. The van der Waals surface area contributed by atoms with Gasteiger partial charge in [0.25, 0.3) is 11.5 Å². The highest BCUT2D eigenvalue weighted by atomic mass is 19.1. The van der Waals surface area contributed by atoms with E-state index < -0.39 is 28.7 Å². The van der Waals surface area contributed by atoms with Gasteiger partial charge in [0, 0.05) is 6.20 Å². The Labute approximate surface area is 188 Å². The number of amides is 1. The molecule has 0 radical (unpaired) electrons. The molecule has 0 aliphatic rings. The van der Waals surface area contributed by atoms with Crippen LogP contribution in [-0.4, -0.2) is 25.2 Å². The molecule has 4 rings (SSSR count). The maximum Gasteiger partial charge on any atom is 0.352 e. The number of pyridine rings is 1. The molecule has 1 N–H and O–H groups in total. The van der Waals surface area contributed by atoms with Crippen LogP contribution >= 0.6 is 0 Å². The first-order valence-electron chi connectivity index (χ1n) is 10.2. The van der Waals surface area contributed by atoms with Gasteiger partial charge in [-0.1, -0.05) is 35.9 Å². The molecule has 0 atom stereocenters. The molecule has 0 saturated heterocycles. The summed E-state index contributed by atoms with van der Waals surface area (Å²) in [5.41, 5.74) is 0.280. The first-order chi connectivity index (χ1) is 15.9. The van der Waals surface area contributed by atoms with Gasteiger partial charge < -0.3 is 5.32 Å². The topological polar surface area (TPSA) is 98.9 Å². The molecule has 33 heavy (non-hydrogen) atoms. The second kappa shape index (κ2) is 9.39. The number of nitrogens with one attached hydrogen (secondary N) is 1. The fourth-order valence-electron chi connectivity index (χ4n) is 3.23. The monoisotopic (exact) mass is 445 g/mol. The number of aromatic nitrogens is 4. The van der Waals surface area contributed by atoms with Crippen molar-refractivity contribution < 1.29 is 9.18 Å². The summed E-state index contributed by atoms with van der Waals surface area (Å²) in [6, 6.07) is 17.7. The molecule has 0 aliphatic carbocycles. The van der Waals surface area contributed by atoms with Crippen molar-refractivity contribution in [2.75, 3.05) is 0 Å². The number of carbonyl (C=O) groups excluding carboxylic acids is 1. The Morgan fingerprint density at radius 3 is 2.52 bits per heavy atom. The van der Waals surface area contributed by atoms with Crippen molar-refractivity contribution in [1.29, 1.82) is 0 Å². The van der Waals surface area contributed by atoms with Crippen LogP contribution in [0, 0.1) is 12.7 Å². The Hall–Kier alpha value is -4.40. The molecule has 9 heteroatoms. The van der Waals surface area contributed by atoms with Gasteiger partial charge in [0.1, 0.15) is 5.82 Å². The lowest BCUT2D eigenvalue weighted by Gasteiger charge is -2.12. The number of hydrogen-bond donors (Lipinski definition) is 1. The zero-order valence-corrected chi connectivity index (χ0v) is 17.7. The zero-order valence-electron chi connectivity index (χ0n) is 17.7. The van der Waals surface area contributed by atoms with Crippen LogP contribution in [0.3, 0.4) is 0 Å². The molecule has 0 spiro atoms. The summed E-state index contributed by atoms with van der Waals surface area (Å²) in [5, 5.41) is 6.68. The van der Waals surface area contributed by atoms with Crippen molar-refractivity contribution in [3.63, 3.8) is 0 Å². The highest BCUT2D eigenvalue weighted by molar-refractivity contribution is 5.91. The molecule has 0 saturated carbocycles. The van der Waals surface area contributed by atoms with Gasteiger partial charge in [-0.15, -0.1) is 0 Å². The quantitative estimate of drug-likeness (QED) is 0.491. The zero-order chi connectivity index (χ0) is 23.4. The predicted octanol–water partition coefficient (Wildman–Crippen LogP) is 2.22. The summed E-state index contributed by atoms with van der Waals surface area (Å²) in [6.45, 7) is 1.75. The molecule has 2 heterocycles. The minimum absolute atomic E-state index is 0.0777. The van der Waals surface area contributed by atoms with E-state index in [-0.39, 0.29) is 13.1 Å². The van der Waals surface area contributed by atoms with E-state index in [1.807, 2.05) is 6.92 Å². The Morgan fingerprint density at radius 2 is 1.82 bits per heavy atom. The summed E-state index contributed by atoms with van der Waals surface area (Å²) in [7, 11) is 0. The molecule has 166 valence electrons. The fourth-order valence-corrected chi connectivity index (χ4v) is 3.23. The number of halogens is 1. The van der Waals surface area contributed by atoms with Crippen LogP contribution in [0.4, 0.5) is 4.39 Å². The lowest BCUT2D eigenvalue weighted by molar-refractivity contribution is 0.0940. The van der Waals surface area contributed by atoms with Gasteiger partial charge >= 0.3 is 5.69 Å². The van der Waals surface area contributed by atoms with Gasteiger partial charge in [-0.2, -0.15) is 9.78 Å². The number of carbonyl (C=O) groups is 1. The molecular formula is C24H20FN5O3. The summed E-state index contributed by atoms with van der Waals surface area (Å²) >= 11 is 0. The molecule has 2 aromatic carbocycles. The predicted molar refractivity (Wildman–Crippen MR) is 120 cm³/mol. The third kappa shape index (κ3) is 4.93. The molecule has 0 fully saturated rings. The molecule has 0 aliphatic heterocycles. The minimum Gasteiger partial charge on any atom is -0.345 e. The maximum atomic E-state index is 13.7. The van der Waals surface area contributed by atoms with Crippen LogP contribution in [-0.2, 0) is 13.1 Å². The van der Waals surface area contributed by atoms with Crippen LogP contribution < -0.4 is 16.6 Å². The molecule has 8 nitrogen and oxygen atoms in total. The van der Waals surface area contributed by atoms with E-state index >= 15 is 0 Å². The number of benzene rings is 2. The Morgan fingerprint density at radius 1 is 1.03 bits per heavy atom. The van der Waals surface area contributed by atoms with Crippen LogP contribution in [0.2, 0.25) is 0 Å². The van der Waals surface area contributed by atoms with Gasteiger partial charge in [0.2, 0.25) is 5.69 Å². The number of nitrogens with zero attached hydrogens (tertiary/aromatic N) is 4. The van der Waals surface area contributed by atoms with E-state index in [4.69, 9.17) is 0 Å². The Kier molecular flexibility index (Phi) is 6.21. The number of rotatable bonds is 6. The van der Waals surface area contributed by atoms with Gasteiger partial charge in [0.05, 0.1) is 24.5 Å². The van der Waals surface area contributed by atoms with Crippen LogP contribution in [0.15, 0.2) is 82.5 Å². The molecule has 2 aromatic heterocycles. The second-order valence-corrected chi connectivity index (χ2v) is 7.40. The molecule has 1 amide bonds. The fraction of sp³-hybridized carbons (Fsp3) is 0.125.